The normalized spacial score (nSPS) is 15.8. The minimum atomic E-state index is -0.666. The number of aliphatic imine (C=N–C) groups is 1. The van der Waals surface area contributed by atoms with Gasteiger partial charge in [-0.25, -0.2) is 9.78 Å². The van der Waals surface area contributed by atoms with Crippen molar-refractivity contribution in [2.45, 2.75) is 32.6 Å². The third-order valence-electron chi connectivity index (χ3n) is 3.40. The number of pyridine rings is 1. The van der Waals surface area contributed by atoms with Gasteiger partial charge in [-0.3, -0.25) is 4.99 Å². The van der Waals surface area contributed by atoms with Gasteiger partial charge in [-0.05, 0) is 44.2 Å². The number of rotatable bonds is 6. The Hall–Kier alpha value is -2.24. The van der Waals surface area contributed by atoms with Crippen LogP contribution in [0.1, 0.15) is 43.7 Å². The van der Waals surface area contributed by atoms with Crippen LogP contribution in [-0.2, 0) is 9.53 Å². The number of carbonyl (C=O) groups is 1. The van der Waals surface area contributed by atoms with Gasteiger partial charge in [0.15, 0.2) is 0 Å². The molecule has 0 bridgehead atoms. The lowest BCUT2D eigenvalue weighted by molar-refractivity contribution is -0.137. The van der Waals surface area contributed by atoms with Crippen molar-refractivity contribution in [3.63, 3.8) is 0 Å². The van der Waals surface area contributed by atoms with Crippen molar-refractivity contribution in [2.24, 2.45) is 10.7 Å². The Labute approximate surface area is 129 Å². The largest absolute Gasteiger partial charge is 0.462 e. The number of aromatic nitrogens is 1. The lowest BCUT2D eigenvalue weighted by Gasteiger charge is -2.12. The smallest absolute Gasteiger partial charge is 0.341 e. The van der Waals surface area contributed by atoms with Crippen molar-refractivity contribution >= 4 is 11.7 Å². The number of esters is 1. The Morgan fingerprint density at radius 2 is 2.27 bits per heavy atom. The summed E-state index contributed by atoms with van der Waals surface area (Å²) in [5, 5.41) is 0. The van der Waals surface area contributed by atoms with Crippen molar-refractivity contribution < 1.29 is 13.9 Å². The van der Waals surface area contributed by atoms with E-state index in [2.05, 4.69) is 9.98 Å². The van der Waals surface area contributed by atoms with Gasteiger partial charge in [0.25, 0.3) is 0 Å². The number of nitrogens with zero attached hydrogens (tertiary/aromatic N) is 2. The predicted octanol–water partition coefficient (Wildman–Crippen LogP) is 2.31. The highest BCUT2D eigenvalue weighted by Crippen LogP contribution is 2.40. The molecule has 0 radical (unpaired) electrons. The molecule has 0 saturated heterocycles. The second-order valence-electron chi connectivity index (χ2n) is 5.01. The molecule has 22 heavy (non-hydrogen) atoms. The maximum Gasteiger partial charge on any atom is 0.341 e. The van der Waals surface area contributed by atoms with Crippen LogP contribution in [0.5, 0.6) is 0 Å². The SMILES string of the molecule is CCN=C(C(=CN)C(=O)OCC)c1cc(C2CC2)cnc1F. The summed E-state index contributed by atoms with van der Waals surface area (Å²) in [6.45, 7) is 4.09. The number of nitrogens with two attached hydrogens (primary N) is 1. The maximum absolute atomic E-state index is 14.2. The average molecular weight is 305 g/mol. The molecule has 1 heterocycles. The third-order valence-corrected chi connectivity index (χ3v) is 3.40. The summed E-state index contributed by atoms with van der Waals surface area (Å²) in [6, 6.07) is 1.71. The topological polar surface area (TPSA) is 77.6 Å². The van der Waals surface area contributed by atoms with Crippen LogP contribution in [0.15, 0.2) is 29.0 Å². The summed E-state index contributed by atoms with van der Waals surface area (Å²) in [4.78, 5) is 20.0. The quantitative estimate of drug-likeness (QED) is 0.379. The number of hydrogen-bond acceptors (Lipinski definition) is 5. The monoisotopic (exact) mass is 305 g/mol. The average Bonchev–Trinajstić information content (AvgIpc) is 3.33. The van der Waals surface area contributed by atoms with E-state index in [1.165, 1.54) is 6.20 Å². The molecule has 1 aliphatic carbocycles. The lowest BCUT2D eigenvalue weighted by atomic mass is 10.0. The van der Waals surface area contributed by atoms with Gasteiger partial charge in [-0.1, -0.05) is 0 Å². The zero-order valence-electron chi connectivity index (χ0n) is 12.8. The predicted molar refractivity (Wildman–Crippen MR) is 82.2 cm³/mol. The van der Waals surface area contributed by atoms with Gasteiger partial charge in [0.05, 0.1) is 17.9 Å². The van der Waals surface area contributed by atoms with Crippen LogP contribution in [0.3, 0.4) is 0 Å². The highest BCUT2D eigenvalue weighted by atomic mass is 19.1. The summed E-state index contributed by atoms with van der Waals surface area (Å²) in [7, 11) is 0. The molecule has 0 aliphatic heterocycles. The lowest BCUT2D eigenvalue weighted by Crippen LogP contribution is -2.20. The highest BCUT2D eigenvalue weighted by Gasteiger charge is 2.27. The zero-order valence-corrected chi connectivity index (χ0v) is 12.8. The van der Waals surface area contributed by atoms with E-state index in [0.29, 0.717) is 12.5 Å². The van der Waals surface area contributed by atoms with Gasteiger partial charge >= 0.3 is 5.97 Å². The standard InChI is InChI=1S/C16H20FN3O2/c1-3-19-14(13(8-18)16(21)22-4-2)12-7-11(10-5-6-10)9-20-15(12)17/h7-10H,3-6,18H2,1-2H3. The van der Waals surface area contributed by atoms with Crippen molar-refractivity contribution in [3.05, 3.63) is 41.1 Å². The van der Waals surface area contributed by atoms with Gasteiger partial charge in [0, 0.05) is 18.9 Å². The first kappa shape index (κ1) is 16.1. The van der Waals surface area contributed by atoms with Gasteiger partial charge in [-0.15, -0.1) is 0 Å². The molecule has 1 aliphatic rings. The molecule has 6 heteroatoms. The van der Waals surface area contributed by atoms with Crippen LogP contribution in [0, 0.1) is 5.95 Å². The molecule has 2 rings (SSSR count). The van der Waals surface area contributed by atoms with E-state index < -0.39 is 11.9 Å². The second-order valence-corrected chi connectivity index (χ2v) is 5.01. The van der Waals surface area contributed by atoms with Crippen LogP contribution >= 0.6 is 0 Å². The van der Waals surface area contributed by atoms with Crippen LogP contribution in [0.4, 0.5) is 4.39 Å². The van der Waals surface area contributed by atoms with Gasteiger partial charge in [0.2, 0.25) is 5.95 Å². The van der Waals surface area contributed by atoms with Crippen LogP contribution < -0.4 is 5.73 Å². The Morgan fingerprint density at radius 1 is 1.55 bits per heavy atom. The molecule has 0 atom stereocenters. The number of ether oxygens (including phenoxy) is 1. The van der Waals surface area contributed by atoms with Gasteiger partial charge < -0.3 is 10.5 Å². The molecule has 0 spiro atoms. The molecule has 1 aromatic rings. The molecule has 0 amide bonds. The van der Waals surface area contributed by atoms with E-state index in [1.807, 2.05) is 0 Å². The van der Waals surface area contributed by atoms with E-state index >= 15 is 0 Å². The first-order valence-electron chi connectivity index (χ1n) is 7.41. The first-order valence-corrected chi connectivity index (χ1v) is 7.41. The van der Waals surface area contributed by atoms with Gasteiger partial charge in [0.1, 0.15) is 5.57 Å². The van der Waals surface area contributed by atoms with Crippen LogP contribution in [0.25, 0.3) is 0 Å². The van der Waals surface area contributed by atoms with E-state index in [4.69, 9.17) is 10.5 Å². The van der Waals surface area contributed by atoms with Crippen molar-refractivity contribution in [2.75, 3.05) is 13.2 Å². The summed E-state index contributed by atoms with van der Waals surface area (Å²) in [6.07, 6.45) is 4.79. The Bertz CT molecular complexity index is 622. The van der Waals surface area contributed by atoms with E-state index in [0.717, 1.165) is 24.6 Å². The fourth-order valence-corrected chi connectivity index (χ4v) is 2.20. The van der Waals surface area contributed by atoms with E-state index in [-0.39, 0.29) is 23.5 Å². The molecule has 1 fully saturated rings. The Morgan fingerprint density at radius 3 is 2.82 bits per heavy atom. The molecule has 0 aromatic carbocycles. The van der Waals surface area contributed by atoms with Gasteiger partial charge in [-0.2, -0.15) is 4.39 Å². The Balaban J connectivity index is 2.45. The minimum Gasteiger partial charge on any atom is -0.462 e. The second kappa shape index (κ2) is 7.15. The molecule has 1 saturated carbocycles. The Kier molecular flexibility index (Phi) is 5.25. The van der Waals surface area contributed by atoms with Crippen molar-refractivity contribution in [1.29, 1.82) is 0 Å². The van der Waals surface area contributed by atoms with E-state index in [9.17, 15) is 9.18 Å². The molecule has 0 unspecified atom stereocenters. The summed E-state index contributed by atoms with van der Waals surface area (Å²) < 4.78 is 19.1. The fraction of sp³-hybridized carbons (Fsp3) is 0.438. The number of halogens is 1. The minimum absolute atomic E-state index is 0.0531. The summed E-state index contributed by atoms with van der Waals surface area (Å²) in [5.74, 6) is -0.865. The van der Waals surface area contributed by atoms with Crippen molar-refractivity contribution in [1.82, 2.24) is 4.98 Å². The molecule has 118 valence electrons. The summed E-state index contributed by atoms with van der Waals surface area (Å²) in [5.41, 5.74) is 6.94. The molecule has 1 aromatic heterocycles. The molecule has 2 N–H and O–H groups in total. The zero-order chi connectivity index (χ0) is 16.1. The fourth-order valence-electron chi connectivity index (χ4n) is 2.20. The van der Waals surface area contributed by atoms with Crippen molar-refractivity contribution in [3.8, 4) is 0 Å². The van der Waals surface area contributed by atoms with E-state index in [1.54, 1.807) is 19.9 Å². The number of carbonyl (C=O) groups excluding carboxylic acids is 1. The van der Waals surface area contributed by atoms with Crippen LogP contribution in [0.2, 0.25) is 0 Å². The maximum atomic E-state index is 14.2. The third kappa shape index (κ3) is 3.50. The first-order chi connectivity index (χ1) is 10.6. The summed E-state index contributed by atoms with van der Waals surface area (Å²) >= 11 is 0. The molecule has 5 nitrogen and oxygen atoms in total. The molecular weight excluding hydrogens is 285 g/mol. The number of hydrogen-bond donors (Lipinski definition) is 1. The highest BCUT2D eigenvalue weighted by molar-refractivity contribution is 6.26. The molecular formula is C16H20FN3O2. The van der Waals surface area contributed by atoms with Crippen LogP contribution in [-0.4, -0.2) is 29.8 Å².